The molecule has 1 nitrogen and oxygen atoms in total. The van der Waals surface area contributed by atoms with Gasteiger partial charge in [-0.1, -0.05) is 35.7 Å². The largest absolute Gasteiger partial charge is 0.385 e. The average Bonchev–Trinajstić information content (AvgIpc) is 2.30. The molecular weight excluding hydrogens is 260 g/mol. The van der Waals surface area contributed by atoms with Crippen molar-refractivity contribution >= 4 is 28.9 Å². The summed E-state index contributed by atoms with van der Waals surface area (Å²) in [5, 5.41) is 3.26. The van der Waals surface area contributed by atoms with Crippen LogP contribution in [-0.2, 0) is 0 Å². The molecule has 0 spiro atoms. The van der Waals surface area contributed by atoms with Crippen LogP contribution in [0.15, 0.2) is 24.8 Å². The van der Waals surface area contributed by atoms with Crippen molar-refractivity contribution in [2.45, 2.75) is 25.7 Å². The summed E-state index contributed by atoms with van der Waals surface area (Å²) in [4.78, 5) is 0. The molecule has 0 fully saturated rings. The van der Waals surface area contributed by atoms with E-state index in [1.54, 1.807) is 12.1 Å². The third-order valence-corrected chi connectivity index (χ3v) is 2.95. The first kappa shape index (κ1) is 14.3. The lowest BCUT2D eigenvalue weighted by Crippen LogP contribution is -2.01. The van der Waals surface area contributed by atoms with Crippen LogP contribution in [0.1, 0.15) is 25.7 Å². The Kier molecular flexibility index (Phi) is 6.38. The minimum Gasteiger partial charge on any atom is -0.385 e. The molecule has 0 saturated carbocycles. The van der Waals surface area contributed by atoms with Gasteiger partial charge in [0.1, 0.15) is 0 Å². The van der Waals surface area contributed by atoms with Crippen LogP contribution in [0.5, 0.6) is 0 Å². The van der Waals surface area contributed by atoms with E-state index in [2.05, 4.69) is 11.9 Å². The zero-order valence-electron chi connectivity index (χ0n) is 9.61. The summed E-state index contributed by atoms with van der Waals surface area (Å²) in [5.74, 6) is -0.565. The predicted molar refractivity (Wildman–Crippen MR) is 73.6 cm³/mol. The molecule has 0 heterocycles. The van der Waals surface area contributed by atoms with Gasteiger partial charge < -0.3 is 5.32 Å². The van der Waals surface area contributed by atoms with Gasteiger partial charge in [-0.25, -0.2) is 4.39 Å². The standard InChI is InChI=1S/C13H16Cl2FN/c1-2-3-4-5-6-7-17-10-8-11(14)13(16)12(15)9-10/h2,8-9,17H,1,3-7H2. The zero-order valence-corrected chi connectivity index (χ0v) is 11.1. The van der Waals surface area contributed by atoms with Gasteiger partial charge in [0.05, 0.1) is 10.0 Å². The van der Waals surface area contributed by atoms with Crippen molar-refractivity contribution in [2.24, 2.45) is 0 Å². The smallest absolute Gasteiger partial charge is 0.160 e. The molecule has 0 bridgehead atoms. The number of hydrogen-bond donors (Lipinski definition) is 1. The van der Waals surface area contributed by atoms with Crippen LogP contribution >= 0.6 is 23.2 Å². The number of allylic oxidation sites excluding steroid dienone is 1. The maximum atomic E-state index is 13.1. The van der Waals surface area contributed by atoms with Crippen LogP contribution in [0, 0.1) is 5.82 Å². The van der Waals surface area contributed by atoms with E-state index >= 15 is 0 Å². The topological polar surface area (TPSA) is 12.0 Å². The van der Waals surface area contributed by atoms with Crippen LogP contribution in [0.2, 0.25) is 10.0 Å². The molecule has 1 aromatic carbocycles. The average molecular weight is 276 g/mol. The summed E-state index contributed by atoms with van der Waals surface area (Å²) in [7, 11) is 0. The molecule has 0 amide bonds. The van der Waals surface area contributed by atoms with Gasteiger partial charge in [0.25, 0.3) is 0 Å². The number of nitrogens with one attached hydrogen (secondary N) is 1. The van der Waals surface area contributed by atoms with Crippen LogP contribution < -0.4 is 5.32 Å². The monoisotopic (exact) mass is 275 g/mol. The van der Waals surface area contributed by atoms with Gasteiger partial charge in [0, 0.05) is 12.2 Å². The summed E-state index contributed by atoms with van der Waals surface area (Å²) in [6, 6.07) is 3.10. The Morgan fingerprint density at radius 1 is 1.18 bits per heavy atom. The quantitative estimate of drug-likeness (QED) is 0.405. The maximum Gasteiger partial charge on any atom is 0.160 e. The Bertz CT molecular complexity index is 357. The SMILES string of the molecule is C=CCCCCCNc1cc(Cl)c(F)c(Cl)c1. The predicted octanol–water partition coefficient (Wildman–Crippen LogP) is 5.29. The van der Waals surface area contributed by atoms with Gasteiger partial charge >= 0.3 is 0 Å². The summed E-state index contributed by atoms with van der Waals surface area (Å²) in [6.07, 6.45) is 6.32. The first-order valence-electron chi connectivity index (χ1n) is 5.64. The van der Waals surface area contributed by atoms with E-state index in [9.17, 15) is 4.39 Å². The summed E-state index contributed by atoms with van der Waals surface area (Å²) in [5.41, 5.74) is 0.755. The third kappa shape index (κ3) is 4.97. The van der Waals surface area contributed by atoms with Gasteiger partial charge in [-0.2, -0.15) is 0 Å². The Labute approximate surface area is 112 Å². The molecule has 1 aromatic rings. The number of anilines is 1. The van der Waals surface area contributed by atoms with Crippen molar-refractivity contribution < 1.29 is 4.39 Å². The Hall–Kier alpha value is -0.730. The molecule has 0 aliphatic carbocycles. The summed E-state index contributed by atoms with van der Waals surface area (Å²) < 4.78 is 13.1. The number of unbranched alkanes of at least 4 members (excludes halogenated alkanes) is 3. The second kappa shape index (κ2) is 7.57. The Balaban J connectivity index is 2.34. The minimum atomic E-state index is -0.565. The fourth-order valence-corrected chi connectivity index (χ4v) is 1.97. The lowest BCUT2D eigenvalue weighted by molar-refractivity contribution is 0.629. The van der Waals surface area contributed by atoms with Gasteiger partial charge in [0.15, 0.2) is 5.82 Å². The molecule has 0 aliphatic rings. The normalized spacial score (nSPS) is 10.3. The highest BCUT2D eigenvalue weighted by atomic mass is 35.5. The fraction of sp³-hybridized carbons (Fsp3) is 0.385. The second-order valence-corrected chi connectivity index (χ2v) is 4.63. The Morgan fingerprint density at radius 3 is 2.41 bits per heavy atom. The number of rotatable bonds is 7. The number of benzene rings is 1. The van der Waals surface area contributed by atoms with Crippen molar-refractivity contribution in [3.05, 3.63) is 40.7 Å². The van der Waals surface area contributed by atoms with Crippen molar-refractivity contribution in [2.75, 3.05) is 11.9 Å². The molecule has 0 atom stereocenters. The minimum absolute atomic E-state index is 0.0478. The molecule has 1 rings (SSSR count). The Morgan fingerprint density at radius 2 is 1.82 bits per heavy atom. The van der Waals surface area contributed by atoms with Crippen molar-refractivity contribution in [1.82, 2.24) is 0 Å². The first-order valence-corrected chi connectivity index (χ1v) is 6.40. The highest BCUT2D eigenvalue weighted by Gasteiger charge is 2.06. The van der Waals surface area contributed by atoms with E-state index in [1.165, 1.54) is 0 Å². The lowest BCUT2D eigenvalue weighted by atomic mass is 10.2. The second-order valence-electron chi connectivity index (χ2n) is 3.82. The molecule has 0 radical (unpaired) electrons. The molecule has 17 heavy (non-hydrogen) atoms. The first-order chi connectivity index (χ1) is 8.15. The van der Waals surface area contributed by atoms with Gasteiger partial charge in [-0.15, -0.1) is 6.58 Å². The van der Waals surface area contributed by atoms with Crippen LogP contribution in [0.25, 0.3) is 0 Å². The molecular formula is C13H16Cl2FN. The maximum absolute atomic E-state index is 13.1. The molecule has 0 unspecified atom stereocenters. The zero-order chi connectivity index (χ0) is 12.7. The molecule has 0 aliphatic heterocycles. The van der Waals surface area contributed by atoms with Crippen LogP contribution in [-0.4, -0.2) is 6.54 Å². The van der Waals surface area contributed by atoms with Crippen LogP contribution in [0.3, 0.4) is 0 Å². The van der Waals surface area contributed by atoms with Gasteiger partial charge in [0.2, 0.25) is 0 Å². The van der Waals surface area contributed by atoms with Crippen molar-refractivity contribution in [1.29, 1.82) is 0 Å². The van der Waals surface area contributed by atoms with E-state index in [4.69, 9.17) is 23.2 Å². The van der Waals surface area contributed by atoms with E-state index in [1.807, 2.05) is 6.08 Å². The van der Waals surface area contributed by atoms with Crippen molar-refractivity contribution in [3.63, 3.8) is 0 Å². The van der Waals surface area contributed by atoms with E-state index in [-0.39, 0.29) is 10.0 Å². The van der Waals surface area contributed by atoms with Gasteiger partial charge in [-0.3, -0.25) is 0 Å². The van der Waals surface area contributed by atoms with E-state index in [0.29, 0.717) is 0 Å². The van der Waals surface area contributed by atoms with E-state index < -0.39 is 5.82 Å². The summed E-state index contributed by atoms with van der Waals surface area (Å²) >= 11 is 11.4. The third-order valence-electron chi connectivity index (χ3n) is 2.40. The molecule has 1 N–H and O–H groups in total. The molecule has 0 saturated heterocycles. The van der Waals surface area contributed by atoms with Gasteiger partial charge in [-0.05, 0) is 31.4 Å². The number of hydrogen-bond acceptors (Lipinski definition) is 1. The van der Waals surface area contributed by atoms with Crippen molar-refractivity contribution in [3.8, 4) is 0 Å². The lowest BCUT2D eigenvalue weighted by Gasteiger charge is -2.08. The summed E-state index contributed by atoms with van der Waals surface area (Å²) in [6.45, 7) is 4.50. The highest BCUT2D eigenvalue weighted by Crippen LogP contribution is 2.27. The molecule has 94 valence electrons. The van der Waals surface area contributed by atoms with E-state index in [0.717, 1.165) is 37.9 Å². The fourth-order valence-electron chi connectivity index (χ4n) is 1.48. The number of halogens is 3. The molecule has 4 heteroatoms. The van der Waals surface area contributed by atoms with Crippen LogP contribution in [0.4, 0.5) is 10.1 Å². The molecule has 0 aromatic heterocycles. The highest BCUT2D eigenvalue weighted by molar-refractivity contribution is 6.35.